The largest absolute Gasteiger partial charge is 0.461 e. The van der Waals surface area contributed by atoms with Gasteiger partial charge in [0.1, 0.15) is 0 Å². The number of furan rings is 1. The van der Waals surface area contributed by atoms with Crippen LogP contribution in [0.4, 0.5) is 13.2 Å². The smallest absolute Gasteiger partial charge is 0.416 e. The summed E-state index contributed by atoms with van der Waals surface area (Å²) in [6.07, 6.45) is -2.96. The maximum absolute atomic E-state index is 12.8. The highest BCUT2D eigenvalue weighted by molar-refractivity contribution is 7.98. The number of nitrogens with two attached hydrogens (primary N) is 1. The molecule has 0 atom stereocenters. The van der Waals surface area contributed by atoms with Crippen molar-refractivity contribution in [1.82, 2.24) is 25.0 Å². The van der Waals surface area contributed by atoms with Crippen LogP contribution in [0, 0.1) is 0 Å². The number of halogens is 3. The lowest BCUT2D eigenvalue weighted by Crippen LogP contribution is -2.11. The topological polar surface area (TPSA) is 109 Å². The number of hydrogen-bond acceptors (Lipinski definition) is 8. The van der Waals surface area contributed by atoms with Crippen molar-refractivity contribution in [3.8, 4) is 23.0 Å². The van der Waals surface area contributed by atoms with Crippen LogP contribution in [0.25, 0.3) is 23.0 Å². The normalized spacial score (nSPS) is 11.8. The summed E-state index contributed by atoms with van der Waals surface area (Å²) < 4.78 is 50.1. The Morgan fingerprint density at radius 2 is 2.00 bits per heavy atom. The molecule has 8 nitrogen and oxygen atoms in total. The van der Waals surface area contributed by atoms with Crippen LogP contribution in [-0.4, -0.2) is 25.0 Å². The van der Waals surface area contributed by atoms with Crippen LogP contribution in [0.3, 0.4) is 0 Å². The summed E-state index contributed by atoms with van der Waals surface area (Å²) in [6, 6.07) is 8.10. The molecule has 0 aliphatic rings. The second-order valence-corrected chi connectivity index (χ2v) is 6.47. The first-order valence-corrected chi connectivity index (χ1v) is 8.78. The predicted octanol–water partition coefficient (Wildman–Crippen LogP) is 3.61. The minimum atomic E-state index is -4.45. The minimum absolute atomic E-state index is 0.0622. The molecule has 1 aromatic carbocycles. The number of alkyl halides is 3. The first-order valence-electron chi connectivity index (χ1n) is 7.79. The Labute approximate surface area is 159 Å². The van der Waals surface area contributed by atoms with E-state index >= 15 is 0 Å². The second kappa shape index (κ2) is 7.03. The Morgan fingerprint density at radius 3 is 2.75 bits per heavy atom. The van der Waals surface area contributed by atoms with Gasteiger partial charge in [0.15, 0.2) is 5.76 Å². The SMILES string of the molecule is Nn1c(SCc2nc(-c3cccc(C(F)(F)F)c3)no2)nnc1-c1ccco1. The third kappa shape index (κ3) is 3.58. The van der Waals surface area contributed by atoms with Gasteiger partial charge in [0.2, 0.25) is 22.7 Å². The van der Waals surface area contributed by atoms with Gasteiger partial charge in [0, 0.05) is 5.56 Å². The van der Waals surface area contributed by atoms with E-state index in [1.54, 1.807) is 12.1 Å². The molecule has 12 heteroatoms. The van der Waals surface area contributed by atoms with Gasteiger partial charge in [-0.25, -0.2) is 4.68 Å². The van der Waals surface area contributed by atoms with Gasteiger partial charge in [-0.15, -0.1) is 10.2 Å². The van der Waals surface area contributed by atoms with Crippen molar-refractivity contribution < 1.29 is 22.1 Å². The van der Waals surface area contributed by atoms with Crippen molar-refractivity contribution in [2.75, 3.05) is 5.84 Å². The van der Waals surface area contributed by atoms with Crippen molar-refractivity contribution in [3.05, 3.63) is 54.1 Å². The zero-order valence-electron chi connectivity index (χ0n) is 13.9. The van der Waals surface area contributed by atoms with Crippen LogP contribution >= 0.6 is 11.8 Å². The Bertz CT molecular complexity index is 1090. The quantitative estimate of drug-likeness (QED) is 0.394. The molecule has 3 heterocycles. The summed E-state index contributed by atoms with van der Waals surface area (Å²) in [4.78, 5) is 4.12. The summed E-state index contributed by atoms with van der Waals surface area (Å²) in [6.45, 7) is 0. The molecule has 144 valence electrons. The average molecular weight is 408 g/mol. The maximum atomic E-state index is 12.8. The van der Waals surface area contributed by atoms with E-state index < -0.39 is 11.7 Å². The number of aromatic nitrogens is 5. The molecule has 4 rings (SSSR count). The van der Waals surface area contributed by atoms with Gasteiger partial charge in [-0.2, -0.15) is 18.2 Å². The molecule has 2 N–H and O–H groups in total. The molecule has 0 spiro atoms. The van der Waals surface area contributed by atoms with E-state index in [0.29, 0.717) is 16.7 Å². The van der Waals surface area contributed by atoms with Crippen LogP contribution in [0.2, 0.25) is 0 Å². The lowest BCUT2D eigenvalue weighted by molar-refractivity contribution is -0.137. The van der Waals surface area contributed by atoms with Crippen molar-refractivity contribution >= 4 is 11.8 Å². The molecular weight excluding hydrogens is 397 g/mol. The van der Waals surface area contributed by atoms with E-state index in [-0.39, 0.29) is 23.0 Å². The molecule has 3 aromatic heterocycles. The molecule has 28 heavy (non-hydrogen) atoms. The second-order valence-electron chi connectivity index (χ2n) is 5.53. The number of benzene rings is 1. The highest BCUT2D eigenvalue weighted by Gasteiger charge is 2.30. The first kappa shape index (κ1) is 18.1. The van der Waals surface area contributed by atoms with Gasteiger partial charge >= 0.3 is 6.18 Å². The van der Waals surface area contributed by atoms with Gasteiger partial charge < -0.3 is 14.8 Å². The highest BCUT2D eigenvalue weighted by Crippen LogP contribution is 2.32. The van der Waals surface area contributed by atoms with E-state index in [9.17, 15) is 13.2 Å². The summed E-state index contributed by atoms with van der Waals surface area (Å²) in [5, 5.41) is 12.0. The highest BCUT2D eigenvalue weighted by atomic mass is 32.2. The van der Waals surface area contributed by atoms with Gasteiger partial charge in [0.05, 0.1) is 17.6 Å². The predicted molar refractivity (Wildman–Crippen MR) is 92.2 cm³/mol. The van der Waals surface area contributed by atoms with Crippen molar-refractivity contribution in [1.29, 1.82) is 0 Å². The first-order chi connectivity index (χ1) is 13.4. The number of rotatable bonds is 5. The summed E-state index contributed by atoms with van der Waals surface area (Å²) in [5.74, 6) is 7.24. The van der Waals surface area contributed by atoms with Crippen LogP contribution in [-0.2, 0) is 11.9 Å². The molecule has 0 amide bonds. The van der Waals surface area contributed by atoms with Gasteiger partial charge in [-0.1, -0.05) is 29.1 Å². The summed E-state index contributed by atoms with van der Waals surface area (Å²) in [7, 11) is 0. The average Bonchev–Trinajstić information content (AvgIpc) is 3.41. The van der Waals surface area contributed by atoms with Crippen LogP contribution in [0.5, 0.6) is 0 Å². The molecule has 0 aliphatic carbocycles. The lowest BCUT2D eigenvalue weighted by Gasteiger charge is -2.06. The lowest BCUT2D eigenvalue weighted by atomic mass is 10.1. The van der Waals surface area contributed by atoms with Crippen molar-refractivity contribution in [3.63, 3.8) is 0 Å². The molecule has 0 fully saturated rings. The number of nitrogens with zero attached hydrogens (tertiary/aromatic N) is 5. The van der Waals surface area contributed by atoms with Crippen LogP contribution in [0.15, 0.2) is 56.8 Å². The zero-order chi connectivity index (χ0) is 19.7. The Morgan fingerprint density at radius 1 is 1.14 bits per heavy atom. The number of thioether (sulfide) groups is 1. The third-order valence-electron chi connectivity index (χ3n) is 3.65. The van der Waals surface area contributed by atoms with Gasteiger partial charge in [0.25, 0.3) is 0 Å². The van der Waals surface area contributed by atoms with Crippen molar-refractivity contribution in [2.45, 2.75) is 17.1 Å². The molecule has 4 aromatic rings. The molecule has 0 saturated heterocycles. The fraction of sp³-hybridized carbons (Fsp3) is 0.125. The van der Waals surface area contributed by atoms with E-state index in [4.69, 9.17) is 14.8 Å². The van der Waals surface area contributed by atoms with E-state index in [2.05, 4.69) is 20.3 Å². The molecule has 0 unspecified atom stereocenters. The fourth-order valence-corrected chi connectivity index (χ4v) is 3.03. The third-order valence-corrected chi connectivity index (χ3v) is 4.57. The minimum Gasteiger partial charge on any atom is -0.461 e. The zero-order valence-corrected chi connectivity index (χ0v) is 14.7. The van der Waals surface area contributed by atoms with E-state index in [1.807, 2.05) is 0 Å². The number of nitrogen functional groups attached to an aromatic ring is 1. The molecule has 0 aliphatic heterocycles. The Kier molecular flexibility index (Phi) is 4.55. The van der Waals surface area contributed by atoms with Crippen LogP contribution in [0.1, 0.15) is 11.5 Å². The monoisotopic (exact) mass is 408 g/mol. The summed E-state index contributed by atoms with van der Waals surface area (Å²) >= 11 is 1.18. The van der Waals surface area contributed by atoms with Crippen molar-refractivity contribution in [2.24, 2.45) is 0 Å². The van der Waals surface area contributed by atoms with E-state index in [1.165, 1.54) is 34.8 Å². The Balaban J connectivity index is 1.48. The molecule has 0 radical (unpaired) electrons. The van der Waals surface area contributed by atoms with E-state index in [0.717, 1.165) is 12.1 Å². The maximum Gasteiger partial charge on any atom is 0.416 e. The van der Waals surface area contributed by atoms with Gasteiger partial charge in [-0.05, 0) is 24.3 Å². The number of hydrogen-bond donors (Lipinski definition) is 1. The molecule has 0 bridgehead atoms. The Hall–Kier alpha value is -3.28. The fourth-order valence-electron chi connectivity index (χ4n) is 2.34. The standard InChI is InChI=1S/C16H11F3N6O2S/c17-16(18,19)10-4-1-3-9(7-10)13-21-12(27-24-13)8-28-15-23-22-14(25(15)20)11-5-2-6-26-11/h1-7H,8,20H2. The molecule has 0 saturated carbocycles. The summed E-state index contributed by atoms with van der Waals surface area (Å²) in [5.41, 5.74) is -0.579. The van der Waals surface area contributed by atoms with Crippen LogP contribution < -0.4 is 5.84 Å². The molecular formula is C16H11F3N6O2S. The van der Waals surface area contributed by atoms with Gasteiger partial charge in [-0.3, -0.25) is 0 Å².